The van der Waals surface area contributed by atoms with E-state index in [0.717, 1.165) is 16.6 Å². The summed E-state index contributed by atoms with van der Waals surface area (Å²) in [5.41, 5.74) is 1.19. The molecule has 1 saturated carbocycles. The largest absolute Gasteiger partial charge is 0.478 e. The van der Waals surface area contributed by atoms with Crippen molar-refractivity contribution in [3.63, 3.8) is 0 Å². The number of nitrogens with zero attached hydrogens (tertiary/aromatic N) is 2. The van der Waals surface area contributed by atoms with Gasteiger partial charge in [0.1, 0.15) is 0 Å². The maximum Gasteiger partial charge on any atom is 0.213 e. The van der Waals surface area contributed by atoms with Gasteiger partial charge in [0, 0.05) is 11.8 Å². The zero-order chi connectivity index (χ0) is 13.8. The van der Waals surface area contributed by atoms with Gasteiger partial charge in [-0.1, -0.05) is 31.0 Å². The lowest BCUT2D eigenvalue weighted by molar-refractivity contribution is 0.327. The molecular weight excluding hydrogens is 270 g/mol. The highest BCUT2D eigenvalue weighted by atomic mass is 32.2. The number of aliphatic imine (C=N–C) groups is 1. The molecule has 20 heavy (non-hydrogen) atoms. The number of anilines is 1. The van der Waals surface area contributed by atoms with Crippen LogP contribution < -0.4 is 10.1 Å². The topological polar surface area (TPSA) is 46.5 Å². The Kier molecular flexibility index (Phi) is 4.15. The van der Waals surface area contributed by atoms with E-state index < -0.39 is 0 Å². The quantitative estimate of drug-likeness (QED) is 0.922. The van der Waals surface area contributed by atoms with Crippen molar-refractivity contribution in [3.8, 4) is 5.88 Å². The molecule has 1 N–H and O–H groups in total. The fourth-order valence-electron chi connectivity index (χ4n) is 2.82. The monoisotopic (exact) mass is 291 g/mol. The molecule has 3 rings (SSSR count). The normalized spacial score (nSPS) is 20.8. The van der Waals surface area contributed by atoms with Crippen LogP contribution in [0.3, 0.4) is 0 Å². The summed E-state index contributed by atoms with van der Waals surface area (Å²) in [5, 5.41) is 4.42. The Balaban J connectivity index is 1.64. The first kappa shape index (κ1) is 13.7. The summed E-state index contributed by atoms with van der Waals surface area (Å²) in [4.78, 5) is 9.21. The predicted octanol–water partition coefficient (Wildman–Crippen LogP) is 3.70. The molecule has 0 aromatic carbocycles. The third-order valence-electron chi connectivity index (χ3n) is 3.88. The SMILES string of the molecule is CCOc1ccc(NC2=NC3(CCCCC3)CS2)cn1. The van der Waals surface area contributed by atoms with Crippen LogP contribution in [-0.4, -0.2) is 28.1 Å². The highest BCUT2D eigenvalue weighted by Gasteiger charge is 2.36. The van der Waals surface area contributed by atoms with Crippen LogP contribution in [0.5, 0.6) is 5.88 Å². The molecule has 1 fully saturated rings. The molecule has 0 unspecified atom stereocenters. The van der Waals surface area contributed by atoms with E-state index in [-0.39, 0.29) is 5.54 Å². The second kappa shape index (κ2) is 6.04. The van der Waals surface area contributed by atoms with Crippen LogP contribution in [0.25, 0.3) is 0 Å². The number of pyridine rings is 1. The predicted molar refractivity (Wildman–Crippen MR) is 84.7 cm³/mol. The first-order valence-electron chi connectivity index (χ1n) is 7.38. The van der Waals surface area contributed by atoms with Crippen molar-refractivity contribution >= 4 is 22.6 Å². The number of nitrogens with one attached hydrogen (secondary N) is 1. The van der Waals surface area contributed by atoms with E-state index in [1.807, 2.05) is 30.8 Å². The smallest absolute Gasteiger partial charge is 0.213 e. The zero-order valence-corrected chi connectivity index (χ0v) is 12.7. The second-order valence-electron chi connectivity index (χ2n) is 5.43. The van der Waals surface area contributed by atoms with E-state index in [0.29, 0.717) is 12.5 Å². The fourth-order valence-corrected chi connectivity index (χ4v) is 4.03. The zero-order valence-electron chi connectivity index (χ0n) is 11.9. The molecule has 0 radical (unpaired) electrons. The van der Waals surface area contributed by atoms with Gasteiger partial charge in [-0.15, -0.1) is 0 Å². The van der Waals surface area contributed by atoms with Crippen molar-refractivity contribution in [1.29, 1.82) is 0 Å². The van der Waals surface area contributed by atoms with Crippen molar-refractivity contribution in [2.45, 2.75) is 44.6 Å². The number of ether oxygens (including phenoxy) is 1. The van der Waals surface area contributed by atoms with Crippen LogP contribution in [0.1, 0.15) is 39.0 Å². The summed E-state index contributed by atoms with van der Waals surface area (Å²) in [6.07, 6.45) is 8.30. The molecule has 1 aliphatic carbocycles. The van der Waals surface area contributed by atoms with Gasteiger partial charge in [0.2, 0.25) is 5.88 Å². The third kappa shape index (κ3) is 3.08. The van der Waals surface area contributed by atoms with E-state index in [9.17, 15) is 0 Å². The fraction of sp³-hybridized carbons (Fsp3) is 0.600. The Morgan fingerprint density at radius 3 is 2.85 bits per heavy atom. The Morgan fingerprint density at radius 2 is 2.15 bits per heavy atom. The molecule has 2 aliphatic rings. The summed E-state index contributed by atoms with van der Waals surface area (Å²) >= 11 is 1.84. The van der Waals surface area contributed by atoms with E-state index in [4.69, 9.17) is 9.73 Å². The second-order valence-corrected chi connectivity index (χ2v) is 6.40. The molecule has 0 bridgehead atoms. The summed E-state index contributed by atoms with van der Waals surface area (Å²) in [6.45, 7) is 2.60. The average Bonchev–Trinajstić information content (AvgIpc) is 2.85. The van der Waals surface area contributed by atoms with Gasteiger partial charge < -0.3 is 10.1 Å². The molecule has 5 heteroatoms. The van der Waals surface area contributed by atoms with Crippen LogP contribution in [0.2, 0.25) is 0 Å². The highest BCUT2D eigenvalue weighted by Crippen LogP contribution is 2.39. The molecule has 1 aromatic rings. The van der Waals surface area contributed by atoms with Crippen molar-refractivity contribution in [2.75, 3.05) is 17.7 Å². The molecule has 4 nitrogen and oxygen atoms in total. The van der Waals surface area contributed by atoms with Crippen molar-refractivity contribution in [2.24, 2.45) is 4.99 Å². The van der Waals surface area contributed by atoms with Gasteiger partial charge in [-0.25, -0.2) is 4.98 Å². The van der Waals surface area contributed by atoms with Crippen molar-refractivity contribution in [3.05, 3.63) is 18.3 Å². The van der Waals surface area contributed by atoms with E-state index in [2.05, 4.69) is 10.3 Å². The molecule has 0 atom stereocenters. The lowest BCUT2D eigenvalue weighted by Gasteiger charge is -2.29. The number of aromatic nitrogens is 1. The molecule has 1 aliphatic heterocycles. The van der Waals surface area contributed by atoms with Gasteiger partial charge in [0.25, 0.3) is 0 Å². The van der Waals surface area contributed by atoms with Gasteiger partial charge in [0.05, 0.1) is 24.0 Å². The lowest BCUT2D eigenvalue weighted by Crippen LogP contribution is -2.29. The third-order valence-corrected chi connectivity index (χ3v) is 5.03. The van der Waals surface area contributed by atoms with Gasteiger partial charge >= 0.3 is 0 Å². The Morgan fingerprint density at radius 1 is 1.30 bits per heavy atom. The molecule has 1 aromatic heterocycles. The van der Waals surface area contributed by atoms with Crippen molar-refractivity contribution < 1.29 is 4.74 Å². The number of hydrogen-bond acceptors (Lipinski definition) is 5. The minimum absolute atomic E-state index is 0.212. The standard InChI is InChI=1S/C15H21N3OS/c1-2-19-13-7-6-12(10-16-13)17-14-18-15(11-20-14)8-4-3-5-9-15/h6-7,10H,2-5,8-9,11H2,1H3,(H,17,18). The molecule has 0 saturated heterocycles. The first-order valence-corrected chi connectivity index (χ1v) is 8.37. The van der Waals surface area contributed by atoms with Crippen LogP contribution >= 0.6 is 11.8 Å². The Bertz CT molecular complexity index is 480. The van der Waals surface area contributed by atoms with Gasteiger partial charge in [0.15, 0.2) is 5.17 Å². The van der Waals surface area contributed by atoms with Crippen LogP contribution in [0.4, 0.5) is 5.69 Å². The number of rotatable bonds is 3. The van der Waals surface area contributed by atoms with E-state index in [1.165, 1.54) is 32.1 Å². The number of amidine groups is 1. The van der Waals surface area contributed by atoms with E-state index >= 15 is 0 Å². The average molecular weight is 291 g/mol. The number of hydrogen-bond donors (Lipinski definition) is 1. The molecule has 108 valence electrons. The van der Waals surface area contributed by atoms with Crippen LogP contribution in [0, 0.1) is 0 Å². The molecule has 1 spiro atoms. The molecule has 0 amide bonds. The number of thioether (sulfide) groups is 1. The lowest BCUT2D eigenvalue weighted by atomic mass is 9.84. The Labute approximate surface area is 124 Å². The summed E-state index contributed by atoms with van der Waals surface area (Å²) in [5.74, 6) is 1.79. The van der Waals surface area contributed by atoms with E-state index in [1.54, 1.807) is 6.20 Å². The minimum atomic E-state index is 0.212. The van der Waals surface area contributed by atoms with Crippen LogP contribution in [0.15, 0.2) is 23.3 Å². The van der Waals surface area contributed by atoms with Crippen molar-refractivity contribution in [1.82, 2.24) is 4.98 Å². The van der Waals surface area contributed by atoms with Crippen LogP contribution in [-0.2, 0) is 0 Å². The summed E-state index contributed by atoms with van der Waals surface area (Å²) in [6, 6.07) is 3.88. The molecule has 2 heterocycles. The molecular formula is C15H21N3OS. The first-order chi connectivity index (χ1) is 9.80. The van der Waals surface area contributed by atoms with Gasteiger partial charge in [-0.2, -0.15) is 0 Å². The highest BCUT2D eigenvalue weighted by molar-refractivity contribution is 8.14. The maximum atomic E-state index is 5.35. The van der Waals surface area contributed by atoms with Gasteiger partial charge in [-0.05, 0) is 25.8 Å². The van der Waals surface area contributed by atoms with Gasteiger partial charge in [-0.3, -0.25) is 4.99 Å². The summed E-state index contributed by atoms with van der Waals surface area (Å²) in [7, 11) is 0. The summed E-state index contributed by atoms with van der Waals surface area (Å²) < 4.78 is 5.35. The minimum Gasteiger partial charge on any atom is -0.478 e. The maximum absolute atomic E-state index is 5.35. The Hall–Kier alpha value is -1.23.